The van der Waals surface area contributed by atoms with E-state index in [2.05, 4.69) is 26.3 Å². The molecule has 2 aromatic rings. The van der Waals surface area contributed by atoms with Gasteiger partial charge in [0.25, 0.3) is 0 Å². The molecule has 4 heterocycles. The molecule has 0 bridgehead atoms. The summed E-state index contributed by atoms with van der Waals surface area (Å²) in [6, 6.07) is 2.37. The number of piperidine rings is 1. The summed E-state index contributed by atoms with van der Waals surface area (Å²) in [6.45, 7) is 1.53. The lowest BCUT2D eigenvalue weighted by molar-refractivity contribution is 0.143. The molecule has 2 aromatic heterocycles. The van der Waals surface area contributed by atoms with Crippen molar-refractivity contribution in [1.82, 2.24) is 15.0 Å². The average molecular weight is 473 g/mol. The zero-order chi connectivity index (χ0) is 22.3. The van der Waals surface area contributed by atoms with Crippen molar-refractivity contribution < 1.29 is 9.32 Å². The summed E-state index contributed by atoms with van der Waals surface area (Å²) >= 11 is 5.90. The predicted molar refractivity (Wildman–Crippen MR) is 122 cm³/mol. The zero-order valence-corrected chi connectivity index (χ0v) is 19.3. The molecule has 0 spiro atoms. The molecule has 0 aromatic carbocycles. The molecule has 1 aliphatic carbocycles. The zero-order valence-electron chi connectivity index (χ0n) is 17.7. The number of anilines is 2. The topological polar surface area (TPSA) is 115 Å². The number of pyridine rings is 1. The fourth-order valence-corrected chi connectivity index (χ4v) is 6.41. The monoisotopic (exact) mass is 472 g/mol. The van der Waals surface area contributed by atoms with Crippen LogP contribution in [0.3, 0.4) is 0 Å². The Morgan fingerprint density at radius 1 is 1.31 bits per heavy atom. The van der Waals surface area contributed by atoms with Crippen LogP contribution in [0.25, 0.3) is 0 Å². The Bertz CT molecular complexity index is 1090. The third-order valence-corrected chi connectivity index (χ3v) is 8.59. The average Bonchev–Trinajstić information content (AvgIpc) is 3.18. The number of hydrogen-bond donors (Lipinski definition) is 2. The maximum absolute atomic E-state index is 12.8. The maximum atomic E-state index is 12.8. The van der Waals surface area contributed by atoms with E-state index in [1.54, 1.807) is 12.4 Å². The van der Waals surface area contributed by atoms with Crippen LogP contribution in [-0.4, -0.2) is 55.3 Å². The molecule has 0 radical (unpaired) electrons. The lowest BCUT2D eigenvalue weighted by Crippen LogP contribution is -2.48. The number of nitriles is 1. The van der Waals surface area contributed by atoms with Crippen LogP contribution < -0.4 is 10.2 Å². The van der Waals surface area contributed by atoms with E-state index >= 15 is 0 Å². The van der Waals surface area contributed by atoms with Crippen LogP contribution in [-0.2, 0) is 17.2 Å². The Labute approximate surface area is 194 Å². The molecule has 1 unspecified atom stereocenters. The number of nitrogens with zero attached hydrogens (tertiary/aromatic N) is 5. The van der Waals surface area contributed by atoms with E-state index in [0.717, 1.165) is 56.5 Å². The summed E-state index contributed by atoms with van der Waals surface area (Å²) in [5.41, 5.74) is 1.85. The van der Waals surface area contributed by atoms with E-state index in [-0.39, 0.29) is 12.5 Å². The van der Waals surface area contributed by atoms with Crippen LogP contribution in [0.4, 0.5) is 11.8 Å². The smallest absolute Gasteiger partial charge is 0.225 e. The minimum atomic E-state index is -1.17. The number of aliphatic hydroxyl groups is 1. The van der Waals surface area contributed by atoms with Crippen molar-refractivity contribution in [3.63, 3.8) is 0 Å². The molecule has 3 aliphatic rings. The molecular formula is C22H25ClN6O2S. The highest BCUT2D eigenvalue weighted by molar-refractivity contribution is 7.85. The normalized spacial score (nSPS) is 22.2. The summed E-state index contributed by atoms with van der Waals surface area (Å²) in [7, 11) is -1.17. The number of aliphatic hydroxyl groups excluding tert-OH is 1. The highest BCUT2D eigenvalue weighted by atomic mass is 35.5. The van der Waals surface area contributed by atoms with Crippen molar-refractivity contribution in [3.8, 4) is 6.07 Å². The molecule has 10 heteroatoms. The molecule has 2 fully saturated rings. The van der Waals surface area contributed by atoms with Gasteiger partial charge in [-0.05, 0) is 44.1 Å². The van der Waals surface area contributed by atoms with Crippen LogP contribution in [0.1, 0.15) is 54.8 Å². The Kier molecular flexibility index (Phi) is 5.78. The minimum absolute atomic E-state index is 0.0188. The summed E-state index contributed by atoms with van der Waals surface area (Å²) in [5.74, 6) is 1.90. The summed E-state index contributed by atoms with van der Waals surface area (Å²) in [4.78, 5) is 16.3. The van der Waals surface area contributed by atoms with Gasteiger partial charge < -0.3 is 15.3 Å². The molecule has 1 saturated carbocycles. The van der Waals surface area contributed by atoms with E-state index in [1.165, 1.54) is 0 Å². The summed E-state index contributed by atoms with van der Waals surface area (Å²) in [6.07, 6.45) is 8.23. The largest absolute Gasteiger partial charge is 0.394 e. The summed E-state index contributed by atoms with van der Waals surface area (Å²) < 4.78 is 12.8. The number of aromatic nitrogens is 3. The van der Waals surface area contributed by atoms with Gasteiger partial charge in [-0.25, -0.2) is 15.0 Å². The van der Waals surface area contributed by atoms with Crippen molar-refractivity contribution in [2.75, 3.05) is 35.7 Å². The van der Waals surface area contributed by atoms with Gasteiger partial charge >= 0.3 is 0 Å². The van der Waals surface area contributed by atoms with Gasteiger partial charge in [-0.2, -0.15) is 5.26 Å². The standard InChI is InChI=1S/C22H25ClN6O2S/c23-15-11-25-21(26-12-15)29-7-2-14(3-8-29)18-17(10-24)16-4-9-32(31)19(16)20(27-18)28-22(13-30)5-1-6-22/h11-12,14,30H,1-9,13H2,(H,27,28). The third kappa shape index (κ3) is 3.74. The van der Waals surface area contributed by atoms with Crippen molar-refractivity contribution in [2.45, 2.75) is 54.9 Å². The molecule has 0 amide bonds. The van der Waals surface area contributed by atoms with Crippen LogP contribution in [0, 0.1) is 11.3 Å². The Balaban J connectivity index is 1.45. The first kappa shape index (κ1) is 21.6. The van der Waals surface area contributed by atoms with Crippen molar-refractivity contribution >= 4 is 34.2 Å². The van der Waals surface area contributed by atoms with Crippen molar-refractivity contribution in [3.05, 3.63) is 34.2 Å². The number of hydrogen-bond acceptors (Lipinski definition) is 8. The number of fused-ring (bicyclic) bond motifs is 1. The first-order chi connectivity index (χ1) is 15.5. The molecule has 2 aliphatic heterocycles. The quantitative estimate of drug-likeness (QED) is 0.682. The van der Waals surface area contributed by atoms with Crippen LogP contribution in [0.2, 0.25) is 5.02 Å². The predicted octanol–water partition coefficient (Wildman–Crippen LogP) is 2.77. The van der Waals surface area contributed by atoms with Gasteiger partial charge in [-0.3, -0.25) is 4.21 Å². The molecule has 5 rings (SSSR count). The van der Waals surface area contributed by atoms with Crippen LogP contribution >= 0.6 is 11.6 Å². The SMILES string of the molecule is N#Cc1c(C2CCN(c3ncc(Cl)cn3)CC2)nc(NC2(CO)CCC2)c2c1CCS2=O. The van der Waals surface area contributed by atoms with E-state index in [9.17, 15) is 14.6 Å². The summed E-state index contributed by atoms with van der Waals surface area (Å²) in [5, 5.41) is 23.9. The fraction of sp³-hybridized carbons (Fsp3) is 0.545. The van der Waals surface area contributed by atoms with Gasteiger partial charge in [-0.15, -0.1) is 0 Å². The number of halogens is 1. The van der Waals surface area contributed by atoms with Gasteiger partial charge in [-0.1, -0.05) is 11.6 Å². The fourth-order valence-electron chi connectivity index (χ4n) is 4.92. The van der Waals surface area contributed by atoms with Gasteiger partial charge in [0.15, 0.2) is 0 Å². The van der Waals surface area contributed by atoms with Gasteiger partial charge in [0.1, 0.15) is 11.9 Å². The van der Waals surface area contributed by atoms with Gasteiger partial charge in [0.2, 0.25) is 5.95 Å². The lowest BCUT2D eigenvalue weighted by atomic mass is 9.77. The molecule has 8 nitrogen and oxygen atoms in total. The van der Waals surface area contributed by atoms with E-state index in [1.807, 2.05) is 0 Å². The third-order valence-electron chi connectivity index (χ3n) is 6.92. The Morgan fingerprint density at radius 3 is 2.62 bits per heavy atom. The highest BCUT2D eigenvalue weighted by Gasteiger charge is 2.40. The number of rotatable bonds is 5. The molecule has 32 heavy (non-hydrogen) atoms. The van der Waals surface area contributed by atoms with E-state index in [0.29, 0.717) is 39.4 Å². The van der Waals surface area contributed by atoms with E-state index < -0.39 is 16.3 Å². The second-order valence-corrected chi connectivity index (χ2v) is 10.8. The minimum Gasteiger partial charge on any atom is -0.394 e. The molecule has 168 valence electrons. The second kappa shape index (κ2) is 8.58. The van der Waals surface area contributed by atoms with Gasteiger partial charge in [0.05, 0.1) is 56.5 Å². The Morgan fingerprint density at radius 2 is 2.03 bits per heavy atom. The Hall–Kier alpha value is -2.28. The second-order valence-electron chi connectivity index (χ2n) is 8.82. The van der Waals surface area contributed by atoms with E-state index in [4.69, 9.17) is 16.6 Å². The molecule has 2 N–H and O–H groups in total. The van der Waals surface area contributed by atoms with Gasteiger partial charge in [0, 0.05) is 24.8 Å². The highest BCUT2D eigenvalue weighted by Crippen LogP contribution is 2.41. The maximum Gasteiger partial charge on any atom is 0.225 e. The molecular weight excluding hydrogens is 448 g/mol. The van der Waals surface area contributed by atoms with Crippen molar-refractivity contribution in [1.29, 1.82) is 5.26 Å². The van der Waals surface area contributed by atoms with Crippen molar-refractivity contribution in [2.24, 2.45) is 0 Å². The molecule has 1 atom stereocenters. The first-order valence-corrected chi connectivity index (χ1v) is 12.7. The lowest BCUT2D eigenvalue weighted by Gasteiger charge is -2.42. The van der Waals surface area contributed by atoms with Crippen LogP contribution in [0.5, 0.6) is 0 Å². The first-order valence-electron chi connectivity index (χ1n) is 11.0. The number of nitrogens with one attached hydrogen (secondary N) is 1. The van der Waals surface area contributed by atoms with Crippen LogP contribution in [0.15, 0.2) is 17.3 Å². The molecule has 1 saturated heterocycles.